The highest BCUT2D eigenvalue weighted by atomic mass is 32.2. The van der Waals surface area contributed by atoms with Crippen molar-refractivity contribution in [1.82, 2.24) is 13.9 Å². The van der Waals surface area contributed by atoms with Crippen LogP contribution < -0.4 is 10.0 Å². The molecule has 0 bridgehead atoms. The summed E-state index contributed by atoms with van der Waals surface area (Å²) in [5.74, 6) is 0. The molecule has 0 amide bonds. The Labute approximate surface area is 171 Å². The van der Waals surface area contributed by atoms with Gasteiger partial charge in [-0.3, -0.25) is 10.1 Å². The number of nitro benzene ring substituents is 1. The van der Waals surface area contributed by atoms with Gasteiger partial charge in [0.05, 0.1) is 16.1 Å². The molecule has 0 aliphatic carbocycles. The van der Waals surface area contributed by atoms with E-state index in [2.05, 4.69) is 10.0 Å². The number of nitro groups is 1. The highest BCUT2D eigenvalue weighted by Crippen LogP contribution is 2.29. The highest BCUT2D eigenvalue weighted by molar-refractivity contribution is 7.89. The Hall–Kier alpha value is -1.80. The van der Waals surface area contributed by atoms with Crippen molar-refractivity contribution < 1.29 is 21.8 Å². The summed E-state index contributed by atoms with van der Waals surface area (Å²) in [5.41, 5.74) is -0.223. The lowest BCUT2D eigenvalue weighted by Crippen LogP contribution is -2.44. The Balaban J connectivity index is 2.21. The van der Waals surface area contributed by atoms with E-state index in [4.69, 9.17) is 0 Å². The van der Waals surface area contributed by atoms with Crippen LogP contribution in [0, 0.1) is 10.1 Å². The number of benzene rings is 1. The third-order valence-corrected chi connectivity index (χ3v) is 7.27. The van der Waals surface area contributed by atoms with E-state index in [0.717, 1.165) is 12.3 Å². The van der Waals surface area contributed by atoms with Crippen molar-refractivity contribution >= 4 is 31.4 Å². The number of rotatable bonds is 9. The van der Waals surface area contributed by atoms with Crippen LogP contribution in [-0.2, 0) is 20.0 Å². The maximum absolute atomic E-state index is 12.4. The molecule has 164 valence electrons. The van der Waals surface area contributed by atoms with Gasteiger partial charge in [0.25, 0.3) is 5.69 Å². The monoisotopic (exact) mass is 449 g/mol. The molecule has 0 spiro atoms. The normalized spacial score (nSPS) is 18.7. The first-order valence-corrected chi connectivity index (χ1v) is 12.4. The molecular formula is C16H27N5O6S2. The molecule has 2 N–H and O–H groups in total. The molecule has 1 aliphatic rings. The highest BCUT2D eigenvalue weighted by Gasteiger charge is 2.28. The van der Waals surface area contributed by atoms with Crippen LogP contribution in [0.5, 0.6) is 0 Å². The summed E-state index contributed by atoms with van der Waals surface area (Å²) in [5, 5.41) is 14.5. The Kier molecular flexibility index (Phi) is 7.56. The zero-order valence-corrected chi connectivity index (χ0v) is 18.3. The van der Waals surface area contributed by atoms with Crippen LogP contribution in [0.2, 0.25) is 0 Å². The Bertz CT molecular complexity index is 949. The second-order valence-electron chi connectivity index (χ2n) is 7.24. The summed E-state index contributed by atoms with van der Waals surface area (Å²) in [6, 6.07) is 3.35. The Morgan fingerprint density at radius 1 is 1.28 bits per heavy atom. The lowest BCUT2D eigenvalue weighted by atomic mass is 10.1. The van der Waals surface area contributed by atoms with Gasteiger partial charge in [0.2, 0.25) is 20.0 Å². The molecule has 29 heavy (non-hydrogen) atoms. The quantitative estimate of drug-likeness (QED) is 0.404. The number of piperidine rings is 1. The number of sulfonamides is 2. The predicted molar refractivity (Wildman–Crippen MR) is 110 cm³/mol. The molecule has 1 fully saturated rings. The molecule has 1 atom stereocenters. The summed E-state index contributed by atoms with van der Waals surface area (Å²) in [7, 11) is -3.63. The van der Waals surface area contributed by atoms with Gasteiger partial charge in [-0.05, 0) is 39.1 Å². The molecule has 1 aromatic carbocycles. The van der Waals surface area contributed by atoms with Crippen molar-refractivity contribution in [2.24, 2.45) is 0 Å². The summed E-state index contributed by atoms with van der Waals surface area (Å²) < 4.78 is 52.0. The average Bonchev–Trinajstić information content (AvgIpc) is 2.60. The Morgan fingerprint density at radius 2 is 1.97 bits per heavy atom. The topological polar surface area (TPSA) is 142 Å². The van der Waals surface area contributed by atoms with E-state index in [0.29, 0.717) is 25.9 Å². The molecular weight excluding hydrogens is 422 g/mol. The van der Waals surface area contributed by atoms with Gasteiger partial charge in [0.1, 0.15) is 5.69 Å². The first-order chi connectivity index (χ1) is 13.4. The first-order valence-electron chi connectivity index (χ1n) is 9.04. The number of nitrogens with zero attached hydrogens (tertiary/aromatic N) is 3. The molecule has 2 rings (SSSR count). The van der Waals surface area contributed by atoms with Gasteiger partial charge < -0.3 is 10.2 Å². The van der Waals surface area contributed by atoms with E-state index >= 15 is 0 Å². The van der Waals surface area contributed by atoms with Crippen molar-refractivity contribution in [1.29, 1.82) is 0 Å². The van der Waals surface area contributed by atoms with Crippen molar-refractivity contribution in [3.63, 3.8) is 0 Å². The van der Waals surface area contributed by atoms with E-state index in [1.165, 1.54) is 16.4 Å². The molecule has 1 heterocycles. The summed E-state index contributed by atoms with van der Waals surface area (Å²) in [6.45, 7) is 1.27. The zero-order chi connectivity index (χ0) is 21.8. The van der Waals surface area contributed by atoms with Crippen LogP contribution in [0.25, 0.3) is 0 Å². The lowest BCUT2D eigenvalue weighted by Gasteiger charge is -2.31. The molecule has 1 unspecified atom stereocenters. The van der Waals surface area contributed by atoms with Crippen LogP contribution in [0.3, 0.4) is 0 Å². The van der Waals surface area contributed by atoms with Crippen LogP contribution in [0.15, 0.2) is 23.1 Å². The maximum Gasteiger partial charge on any atom is 0.293 e. The number of hydrogen-bond donors (Lipinski definition) is 2. The van der Waals surface area contributed by atoms with Crippen molar-refractivity contribution in [3.05, 3.63) is 28.3 Å². The molecule has 0 saturated carbocycles. The first kappa shape index (κ1) is 23.5. The zero-order valence-electron chi connectivity index (χ0n) is 16.7. The van der Waals surface area contributed by atoms with Crippen molar-refractivity contribution in [3.8, 4) is 0 Å². The third-order valence-electron chi connectivity index (χ3n) is 4.54. The summed E-state index contributed by atoms with van der Waals surface area (Å²) >= 11 is 0. The smallest absolute Gasteiger partial charge is 0.293 e. The van der Waals surface area contributed by atoms with Crippen LogP contribution >= 0.6 is 0 Å². The molecule has 13 heteroatoms. The van der Waals surface area contributed by atoms with Gasteiger partial charge in [-0.15, -0.1) is 0 Å². The minimum Gasteiger partial charge on any atom is -0.375 e. The summed E-state index contributed by atoms with van der Waals surface area (Å²) in [4.78, 5) is 12.5. The lowest BCUT2D eigenvalue weighted by molar-refractivity contribution is -0.384. The van der Waals surface area contributed by atoms with E-state index in [9.17, 15) is 26.9 Å². The SMILES string of the molecule is CN(C)CCNS(=O)(=O)c1ccc(NC2CCCN(S(C)(=O)=O)C2)c([N+](=O)[O-])c1. The van der Waals surface area contributed by atoms with Gasteiger partial charge in [0.15, 0.2) is 0 Å². The Morgan fingerprint density at radius 3 is 2.55 bits per heavy atom. The van der Waals surface area contributed by atoms with Gasteiger partial charge in [-0.25, -0.2) is 25.9 Å². The van der Waals surface area contributed by atoms with Crippen molar-refractivity contribution in [2.45, 2.75) is 23.8 Å². The molecule has 1 saturated heterocycles. The fourth-order valence-electron chi connectivity index (χ4n) is 3.02. The van der Waals surface area contributed by atoms with E-state index in [1.807, 2.05) is 4.90 Å². The van der Waals surface area contributed by atoms with Gasteiger partial charge in [0, 0.05) is 38.3 Å². The standard InChI is InChI=1S/C16H27N5O6S2/c1-19(2)10-8-17-29(26,27)14-6-7-15(16(11-14)21(22)23)18-13-5-4-9-20(12-13)28(3,24)25/h6-7,11,13,17-18H,4-5,8-10,12H2,1-3H3. The van der Waals surface area contributed by atoms with Crippen molar-refractivity contribution in [2.75, 3.05) is 51.8 Å². The molecule has 11 nitrogen and oxygen atoms in total. The molecule has 1 aromatic rings. The fourth-order valence-corrected chi connectivity index (χ4v) is 4.97. The largest absolute Gasteiger partial charge is 0.375 e. The third kappa shape index (κ3) is 6.60. The second kappa shape index (κ2) is 9.34. The number of likely N-dealkylation sites (N-methyl/N-ethyl adjacent to an activating group) is 1. The number of anilines is 1. The molecule has 0 radical (unpaired) electrons. The maximum atomic E-state index is 12.4. The number of hydrogen-bond acceptors (Lipinski definition) is 8. The fraction of sp³-hybridized carbons (Fsp3) is 0.625. The minimum atomic E-state index is -3.89. The van der Waals surface area contributed by atoms with Crippen LogP contribution in [0.4, 0.5) is 11.4 Å². The van der Waals surface area contributed by atoms with Crippen LogP contribution in [-0.4, -0.2) is 83.5 Å². The summed E-state index contributed by atoms with van der Waals surface area (Å²) in [6.07, 6.45) is 2.40. The average molecular weight is 450 g/mol. The van der Waals surface area contributed by atoms with Crippen LogP contribution in [0.1, 0.15) is 12.8 Å². The second-order valence-corrected chi connectivity index (χ2v) is 11.0. The number of nitrogens with one attached hydrogen (secondary N) is 2. The predicted octanol–water partition coefficient (Wildman–Crippen LogP) is 0.271. The molecule has 0 aromatic heterocycles. The van der Waals surface area contributed by atoms with E-state index in [-0.39, 0.29) is 35.4 Å². The van der Waals surface area contributed by atoms with E-state index < -0.39 is 25.0 Å². The van der Waals surface area contributed by atoms with E-state index in [1.54, 1.807) is 14.1 Å². The van der Waals surface area contributed by atoms with Gasteiger partial charge >= 0.3 is 0 Å². The molecule has 1 aliphatic heterocycles. The minimum absolute atomic E-state index is 0.155. The van der Waals surface area contributed by atoms with Gasteiger partial charge in [-0.1, -0.05) is 0 Å². The van der Waals surface area contributed by atoms with Gasteiger partial charge in [-0.2, -0.15) is 0 Å².